The molecule has 1 aliphatic rings. The van der Waals surface area contributed by atoms with Crippen LogP contribution < -0.4 is 0 Å². The lowest BCUT2D eigenvalue weighted by atomic mass is 9.98. The van der Waals surface area contributed by atoms with Gasteiger partial charge >= 0.3 is 5.97 Å². The van der Waals surface area contributed by atoms with E-state index in [0.29, 0.717) is 23.9 Å². The van der Waals surface area contributed by atoms with Gasteiger partial charge in [-0.2, -0.15) is 0 Å². The molecule has 0 spiro atoms. The molecule has 1 N–H and O–H groups in total. The fourth-order valence-electron chi connectivity index (χ4n) is 2.78. The molecule has 1 fully saturated rings. The summed E-state index contributed by atoms with van der Waals surface area (Å²) in [7, 11) is 0. The highest BCUT2D eigenvalue weighted by Crippen LogP contribution is 2.32. The summed E-state index contributed by atoms with van der Waals surface area (Å²) in [5.74, 6) is 0.106. The molecule has 4 nitrogen and oxygen atoms in total. The van der Waals surface area contributed by atoms with Crippen molar-refractivity contribution in [2.24, 2.45) is 11.8 Å². The van der Waals surface area contributed by atoms with E-state index in [1.54, 1.807) is 10.8 Å². The summed E-state index contributed by atoms with van der Waals surface area (Å²) in [6, 6.07) is 1.48. The second-order valence-corrected chi connectivity index (χ2v) is 5.30. The summed E-state index contributed by atoms with van der Waals surface area (Å²) < 4.78 is 1.73. The Morgan fingerprint density at radius 1 is 1.44 bits per heavy atom. The van der Waals surface area contributed by atoms with Crippen LogP contribution in [0, 0.1) is 11.8 Å². The quantitative estimate of drug-likeness (QED) is 0.835. The third kappa shape index (κ3) is 2.47. The molecular formula is C14H19NO3. The highest BCUT2D eigenvalue weighted by Gasteiger charge is 2.25. The van der Waals surface area contributed by atoms with Crippen LogP contribution in [0.5, 0.6) is 0 Å². The third-order valence-electron chi connectivity index (χ3n) is 3.99. The van der Waals surface area contributed by atoms with Gasteiger partial charge < -0.3 is 9.67 Å². The second kappa shape index (κ2) is 4.96. The molecule has 2 rings (SSSR count). The normalized spacial score (nSPS) is 23.2. The van der Waals surface area contributed by atoms with Crippen molar-refractivity contribution in [2.45, 2.75) is 39.7 Å². The van der Waals surface area contributed by atoms with Crippen molar-refractivity contribution in [1.82, 2.24) is 4.57 Å². The van der Waals surface area contributed by atoms with Crippen LogP contribution in [0.2, 0.25) is 0 Å². The summed E-state index contributed by atoms with van der Waals surface area (Å²) in [6.07, 6.45) is 5.26. The Bertz CT molecular complexity index is 475. The summed E-state index contributed by atoms with van der Waals surface area (Å²) in [4.78, 5) is 22.5. The van der Waals surface area contributed by atoms with Crippen molar-refractivity contribution in [1.29, 1.82) is 0 Å². The van der Waals surface area contributed by atoms with E-state index in [1.165, 1.54) is 25.8 Å². The lowest BCUT2D eigenvalue weighted by Crippen LogP contribution is -2.16. The number of rotatable bonds is 4. The van der Waals surface area contributed by atoms with Crippen LogP contribution >= 0.6 is 0 Å². The molecule has 18 heavy (non-hydrogen) atoms. The van der Waals surface area contributed by atoms with Gasteiger partial charge in [0.25, 0.3) is 0 Å². The van der Waals surface area contributed by atoms with Crippen LogP contribution in [-0.4, -0.2) is 21.4 Å². The van der Waals surface area contributed by atoms with Crippen LogP contribution in [0.25, 0.3) is 0 Å². The molecule has 0 aliphatic heterocycles. The van der Waals surface area contributed by atoms with E-state index in [0.717, 1.165) is 6.42 Å². The van der Waals surface area contributed by atoms with Gasteiger partial charge in [-0.15, -0.1) is 0 Å². The van der Waals surface area contributed by atoms with Crippen molar-refractivity contribution in [3.05, 3.63) is 23.5 Å². The van der Waals surface area contributed by atoms with E-state index in [9.17, 15) is 9.59 Å². The molecular weight excluding hydrogens is 230 g/mol. The molecule has 98 valence electrons. The van der Waals surface area contributed by atoms with Gasteiger partial charge in [0, 0.05) is 18.3 Å². The first-order valence-electron chi connectivity index (χ1n) is 6.43. The van der Waals surface area contributed by atoms with Gasteiger partial charge in [-0.3, -0.25) is 4.79 Å². The van der Waals surface area contributed by atoms with E-state index in [-0.39, 0.29) is 11.5 Å². The maximum absolute atomic E-state index is 11.3. The zero-order chi connectivity index (χ0) is 13.3. The predicted molar refractivity (Wildman–Crippen MR) is 67.9 cm³/mol. The Morgan fingerprint density at radius 2 is 2.17 bits per heavy atom. The number of hydrogen-bond donors (Lipinski definition) is 1. The van der Waals surface area contributed by atoms with Gasteiger partial charge in [0.2, 0.25) is 0 Å². The van der Waals surface area contributed by atoms with E-state index >= 15 is 0 Å². The van der Waals surface area contributed by atoms with E-state index in [1.807, 2.05) is 0 Å². The van der Waals surface area contributed by atoms with E-state index in [2.05, 4.69) is 6.92 Å². The highest BCUT2D eigenvalue weighted by atomic mass is 16.4. The van der Waals surface area contributed by atoms with Crippen LogP contribution in [0.15, 0.2) is 12.3 Å². The third-order valence-corrected chi connectivity index (χ3v) is 3.99. The fraction of sp³-hybridized carbons (Fsp3) is 0.571. The Morgan fingerprint density at radius 3 is 2.67 bits per heavy atom. The maximum Gasteiger partial charge on any atom is 0.352 e. The summed E-state index contributed by atoms with van der Waals surface area (Å²) in [5, 5.41) is 9.17. The van der Waals surface area contributed by atoms with Crippen molar-refractivity contribution in [2.75, 3.05) is 0 Å². The number of aromatic carboxylic acids is 1. The summed E-state index contributed by atoms with van der Waals surface area (Å²) in [6.45, 7) is 4.38. The molecule has 0 saturated heterocycles. The Balaban J connectivity index is 2.25. The van der Waals surface area contributed by atoms with Crippen molar-refractivity contribution >= 4 is 11.8 Å². The minimum absolute atomic E-state index is 0.0873. The molecule has 1 saturated carbocycles. The largest absolute Gasteiger partial charge is 0.477 e. The molecule has 1 heterocycles. The average molecular weight is 249 g/mol. The number of carboxylic acid groups (broad SMARTS) is 1. The lowest BCUT2D eigenvalue weighted by molar-refractivity contribution is 0.0683. The van der Waals surface area contributed by atoms with E-state index < -0.39 is 5.97 Å². The number of Topliss-reactive ketones (excluding diaryl/α,β-unsaturated/α-hetero) is 1. The average Bonchev–Trinajstić information content (AvgIpc) is 2.87. The topological polar surface area (TPSA) is 59.3 Å². The fourth-order valence-corrected chi connectivity index (χ4v) is 2.78. The van der Waals surface area contributed by atoms with Gasteiger partial charge in [0.1, 0.15) is 5.69 Å². The Kier molecular flexibility index (Phi) is 3.55. The molecule has 2 atom stereocenters. The first-order valence-corrected chi connectivity index (χ1v) is 6.43. The maximum atomic E-state index is 11.3. The smallest absolute Gasteiger partial charge is 0.352 e. The molecule has 1 aliphatic carbocycles. The van der Waals surface area contributed by atoms with Crippen LogP contribution in [0.1, 0.15) is 54.0 Å². The standard InChI is InChI=1S/C14H19NO3/c1-9-4-3-5-11(9)7-15-8-12(10(2)16)6-13(15)14(17)18/h6,8-9,11H,3-5,7H2,1-2H3,(H,17,18). The number of carbonyl (C=O) groups is 2. The molecule has 0 amide bonds. The van der Waals surface area contributed by atoms with Crippen LogP contribution in [0.3, 0.4) is 0 Å². The molecule has 0 radical (unpaired) electrons. The van der Waals surface area contributed by atoms with E-state index in [4.69, 9.17) is 5.11 Å². The Hall–Kier alpha value is -1.58. The molecule has 0 aromatic carbocycles. The molecule has 1 aromatic rings. The molecule has 2 unspecified atom stereocenters. The molecule has 1 aromatic heterocycles. The highest BCUT2D eigenvalue weighted by molar-refractivity contribution is 5.97. The number of carbonyl (C=O) groups excluding carboxylic acids is 1. The monoisotopic (exact) mass is 249 g/mol. The number of nitrogens with zero attached hydrogens (tertiary/aromatic N) is 1. The first kappa shape index (κ1) is 12.9. The molecule has 0 bridgehead atoms. The van der Waals surface area contributed by atoms with Crippen LogP contribution in [-0.2, 0) is 6.54 Å². The number of carboxylic acids is 1. The van der Waals surface area contributed by atoms with Crippen molar-refractivity contribution in [3.63, 3.8) is 0 Å². The van der Waals surface area contributed by atoms with Crippen molar-refractivity contribution in [3.8, 4) is 0 Å². The van der Waals surface area contributed by atoms with Gasteiger partial charge in [0.15, 0.2) is 5.78 Å². The lowest BCUT2D eigenvalue weighted by Gasteiger charge is -2.17. The SMILES string of the molecule is CC(=O)c1cc(C(=O)O)n(CC2CCCC2C)c1. The minimum Gasteiger partial charge on any atom is -0.477 e. The van der Waals surface area contributed by atoms with Gasteiger partial charge in [-0.05, 0) is 31.2 Å². The number of hydrogen-bond acceptors (Lipinski definition) is 2. The van der Waals surface area contributed by atoms with Crippen LogP contribution in [0.4, 0.5) is 0 Å². The zero-order valence-electron chi connectivity index (χ0n) is 10.8. The van der Waals surface area contributed by atoms with Gasteiger partial charge in [0.05, 0.1) is 0 Å². The summed E-state index contributed by atoms with van der Waals surface area (Å²) in [5.41, 5.74) is 0.706. The second-order valence-electron chi connectivity index (χ2n) is 5.30. The van der Waals surface area contributed by atoms with Crippen molar-refractivity contribution < 1.29 is 14.7 Å². The summed E-state index contributed by atoms with van der Waals surface area (Å²) >= 11 is 0. The number of ketones is 1. The van der Waals surface area contributed by atoms with Gasteiger partial charge in [-0.25, -0.2) is 4.79 Å². The minimum atomic E-state index is -0.965. The molecule has 4 heteroatoms. The predicted octanol–water partition coefficient (Wildman–Crippen LogP) is 2.83. The zero-order valence-corrected chi connectivity index (χ0v) is 10.8. The number of aromatic nitrogens is 1. The first-order chi connectivity index (χ1) is 8.49. The van der Waals surface area contributed by atoms with Gasteiger partial charge in [-0.1, -0.05) is 19.8 Å². The Labute approximate surface area is 107 Å².